The van der Waals surface area contributed by atoms with Gasteiger partial charge in [0, 0.05) is 19.2 Å². The molecule has 24 heavy (non-hydrogen) atoms. The lowest BCUT2D eigenvalue weighted by molar-refractivity contribution is 0.00575. The van der Waals surface area contributed by atoms with Crippen molar-refractivity contribution in [2.45, 2.75) is 45.8 Å². The van der Waals surface area contributed by atoms with Gasteiger partial charge in [0.05, 0.1) is 11.8 Å². The third-order valence-corrected chi connectivity index (χ3v) is 2.77. The third kappa shape index (κ3) is 6.57. The van der Waals surface area contributed by atoms with Gasteiger partial charge in [-0.1, -0.05) is 12.7 Å². The molecule has 0 atom stereocenters. The molecule has 0 unspecified atom stereocenters. The Morgan fingerprint density at radius 3 is 2.75 bits per heavy atom. The molecule has 0 aromatic carbocycles. The molecule has 0 aliphatic rings. The summed E-state index contributed by atoms with van der Waals surface area (Å²) in [5.41, 5.74) is 0.0961. The molecule has 0 saturated carbocycles. The Hall–Kier alpha value is -2.75. The van der Waals surface area contributed by atoms with Gasteiger partial charge in [0.25, 0.3) is 0 Å². The van der Waals surface area contributed by atoms with E-state index in [2.05, 4.69) is 18.0 Å². The number of aromatic nitrogens is 1. The molecule has 1 amide bonds. The maximum Gasteiger partial charge on any atom is 0.411 e. The molecule has 0 bridgehead atoms. The molecule has 0 fully saturated rings. The first-order valence-corrected chi connectivity index (χ1v) is 7.62. The lowest BCUT2D eigenvalue weighted by Crippen LogP contribution is -2.25. The van der Waals surface area contributed by atoms with Crippen LogP contribution in [0.4, 0.5) is 10.5 Å². The predicted molar refractivity (Wildman–Crippen MR) is 89.6 cm³/mol. The van der Waals surface area contributed by atoms with E-state index < -0.39 is 17.7 Å². The molecule has 7 heteroatoms. The Balaban J connectivity index is 2.93. The van der Waals surface area contributed by atoms with Gasteiger partial charge < -0.3 is 14.0 Å². The second-order valence-electron chi connectivity index (χ2n) is 6.08. The Bertz CT molecular complexity index is 635. The highest BCUT2D eigenvalue weighted by molar-refractivity contribution is 5.92. The Morgan fingerprint density at radius 2 is 2.17 bits per heavy atom. The molecule has 0 aliphatic heterocycles. The van der Waals surface area contributed by atoms with Crippen LogP contribution in [0, 0.1) is 11.3 Å². The van der Waals surface area contributed by atoms with Crippen molar-refractivity contribution in [2.24, 2.45) is 0 Å². The number of hydrogen-bond donors (Lipinski definition) is 1. The normalized spacial score (nSPS) is 10.6. The van der Waals surface area contributed by atoms with E-state index in [9.17, 15) is 9.59 Å². The van der Waals surface area contributed by atoms with Crippen LogP contribution < -0.4 is 5.32 Å². The van der Waals surface area contributed by atoms with Crippen LogP contribution in [0.15, 0.2) is 24.9 Å². The fourth-order valence-electron chi connectivity index (χ4n) is 1.88. The minimum absolute atomic E-state index is 0.0909. The molecule has 0 radical (unpaired) electrons. The summed E-state index contributed by atoms with van der Waals surface area (Å²) in [6.07, 6.45) is 3.39. The van der Waals surface area contributed by atoms with Gasteiger partial charge in [-0.3, -0.25) is 5.32 Å². The lowest BCUT2D eigenvalue weighted by atomic mass is 10.2. The molecule has 1 heterocycles. The largest absolute Gasteiger partial charge is 0.455 e. The van der Waals surface area contributed by atoms with Crippen LogP contribution in [0.3, 0.4) is 0 Å². The van der Waals surface area contributed by atoms with Crippen molar-refractivity contribution in [1.82, 2.24) is 4.57 Å². The molecule has 0 spiro atoms. The molecular weight excluding hydrogens is 310 g/mol. The van der Waals surface area contributed by atoms with Crippen molar-refractivity contribution >= 4 is 17.7 Å². The average Bonchev–Trinajstić information content (AvgIpc) is 2.86. The number of nitriles is 1. The van der Waals surface area contributed by atoms with Gasteiger partial charge >= 0.3 is 12.1 Å². The van der Waals surface area contributed by atoms with Gasteiger partial charge in [-0.2, -0.15) is 5.26 Å². The van der Waals surface area contributed by atoms with E-state index in [0.29, 0.717) is 30.8 Å². The molecule has 0 saturated heterocycles. The molecule has 130 valence electrons. The van der Waals surface area contributed by atoms with Gasteiger partial charge in [-0.05, 0) is 33.3 Å². The zero-order chi connectivity index (χ0) is 18.2. The smallest absolute Gasteiger partial charge is 0.411 e. The van der Waals surface area contributed by atoms with Gasteiger partial charge in [0.2, 0.25) is 0 Å². The number of amides is 1. The maximum atomic E-state index is 12.3. The number of carbonyl (C=O) groups is 2. The van der Waals surface area contributed by atoms with E-state index in [1.165, 1.54) is 12.1 Å². The molecule has 1 rings (SSSR count). The fraction of sp³-hybridized carbons (Fsp3) is 0.471. The summed E-state index contributed by atoms with van der Waals surface area (Å²) in [5.74, 6) is -0.494. The third-order valence-electron chi connectivity index (χ3n) is 2.77. The number of anilines is 1. The zero-order valence-electron chi connectivity index (χ0n) is 14.3. The highest BCUT2D eigenvalue weighted by Gasteiger charge is 2.22. The number of esters is 1. The van der Waals surface area contributed by atoms with Crippen LogP contribution in [0.5, 0.6) is 0 Å². The number of ether oxygens (including phenoxy) is 2. The number of nitrogens with one attached hydrogen (secondary N) is 1. The van der Waals surface area contributed by atoms with Gasteiger partial charge in [-0.25, -0.2) is 9.59 Å². The van der Waals surface area contributed by atoms with Crippen LogP contribution >= 0.6 is 0 Å². The quantitative estimate of drug-likeness (QED) is 0.468. The van der Waals surface area contributed by atoms with Crippen LogP contribution in [0.25, 0.3) is 0 Å². The standard InChI is InChI=1S/C17H23N3O4/c1-5-10-23-16(22)19-13-11-14(15(21)24-17(2,3)4)20(12-13)9-7-6-8-18/h5,11-12H,1,6-7,9-10H2,2-4H3,(H,19,22). The van der Waals surface area contributed by atoms with E-state index in [-0.39, 0.29) is 6.61 Å². The highest BCUT2D eigenvalue weighted by Crippen LogP contribution is 2.19. The van der Waals surface area contributed by atoms with Crippen LogP contribution in [0.1, 0.15) is 44.1 Å². The average molecular weight is 333 g/mol. The highest BCUT2D eigenvalue weighted by atomic mass is 16.6. The molecule has 0 aliphatic carbocycles. The molecular formula is C17H23N3O4. The van der Waals surface area contributed by atoms with E-state index in [1.807, 2.05) is 0 Å². The van der Waals surface area contributed by atoms with Crippen LogP contribution in [0.2, 0.25) is 0 Å². The molecule has 1 N–H and O–H groups in total. The summed E-state index contributed by atoms with van der Waals surface area (Å²) in [5, 5.41) is 11.2. The van der Waals surface area contributed by atoms with Crippen molar-refractivity contribution in [3.8, 4) is 6.07 Å². The Kier molecular flexibility index (Phi) is 7.05. The van der Waals surface area contributed by atoms with Crippen molar-refractivity contribution in [3.63, 3.8) is 0 Å². The lowest BCUT2D eigenvalue weighted by Gasteiger charge is -2.20. The van der Waals surface area contributed by atoms with Crippen molar-refractivity contribution in [2.75, 3.05) is 11.9 Å². The zero-order valence-corrected chi connectivity index (χ0v) is 14.3. The maximum absolute atomic E-state index is 12.3. The monoisotopic (exact) mass is 333 g/mol. The number of nitrogens with zero attached hydrogens (tertiary/aromatic N) is 2. The number of aryl methyl sites for hydroxylation is 1. The Morgan fingerprint density at radius 1 is 1.46 bits per heavy atom. The molecule has 7 nitrogen and oxygen atoms in total. The number of hydrogen-bond acceptors (Lipinski definition) is 5. The molecule has 1 aromatic rings. The first-order valence-electron chi connectivity index (χ1n) is 7.62. The van der Waals surface area contributed by atoms with Crippen LogP contribution in [-0.4, -0.2) is 28.8 Å². The summed E-state index contributed by atoms with van der Waals surface area (Å²) in [6, 6.07) is 3.58. The van der Waals surface area contributed by atoms with Crippen LogP contribution in [-0.2, 0) is 16.0 Å². The van der Waals surface area contributed by atoms with Gasteiger partial charge in [-0.15, -0.1) is 0 Å². The van der Waals surface area contributed by atoms with E-state index >= 15 is 0 Å². The van der Waals surface area contributed by atoms with Crippen molar-refractivity contribution in [3.05, 3.63) is 30.6 Å². The summed E-state index contributed by atoms with van der Waals surface area (Å²) in [4.78, 5) is 23.9. The van der Waals surface area contributed by atoms with E-state index in [1.54, 1.807) is 31.5 Å². The van der Waals surface area contributed by atoms with Crippen molar-refractivity contribution < 1.29 is 19.1 Å². The van der Waals surface area contributed by atoms with Gasteiger partial charge in [0.15, 0.2) is 0 Å². The van der Waals surface area contributed by atoms with Crippen molar-refractivity contribution in [1.29, 1.82) is 5.26 Å². The summed E-state index contributed by atoms with van der Waals surface area (Å²) >= 11 is 0. The second kappa shape index (κ2) is 8.77. The van der Waals surface area contributed by atoms with E-state index in [4.69, 9.17) is 14.7 Å². The number of carbonyl (C=O) groups excluding carboxylic acids is 2. The predicted octanol–water partition coefficient (Wildman–Crippen LogP) is 3.48. The minimum atomic E-state index is -0.639. The first kappa shape index (κ1) is 19.3. The Labute approximate surface area is 141 Å². The number of unbranched alkanes of at least 4 members (excludes halogenated alkanes) is 1. The summed E-state index contributed by atoms with van der Waals surface area (Å²) < 4.78 is 11.9. The molecule has 1 aromatic heterocycles. The second-order valence-corrected chi connectivity index (χ2v) is 6.08. The van der Waals surface area contributed by atoms with Gasteiger partial charge in [0.1, 0.15) is 17.9 Å². The topological polar surface area (TPSA) is 93.3 Å². The SMILES string of the molecule is C=CCOC(=O)Nc1cc(C(=O)OC(C)(C)C)n(CCCC#N)c1. The minimum Gasteiger partial charge on any atom is -0.455 e. The summed E-state index contributed by atoms with van der Waals surface area (Å²) in [7, 11) is 0. The fourth-order valence-corrected chi connectivity index (χ4v) is 1.88. The number of rotatable bonds is 7. The summed E-state index contributed by atoms with van der Waals surface area (Å²) in [6.45, 7) is 9.35. The first-order chi connectivity index (χ1) is 11.3. The van der Waals surface area contributed by atoms with E-state index in [0.717, 1.165) is 0 Å².